The van der Waals surface area contributed by atoms with Gasteiger partial charge in [-0.2, -0.15) is 23.4 Å². The van der Waals surface area contributed by atoms with Crippen molar-refractivity contribution in [2.75, 3.05) is 11.9 Å². The Bertz CT molecular complexity index is 1120. The molecule has 0 radical (unpaired) electrons. The second-order valence-electron chi connectivity index (χ2n) is 7.22. The average Bonchev–Trinajstić information content (AvgIpc) is 3.13. The van der Waals surface area contributed by atoms with E-state index >= 15 is 0 Å². The molecule has 1 atom stereocenters. The molecule has 0 fully saturated rings. The van der Waals surface area contributed by atoms with Crippen LogP contribution < -0.4 is 5.32 Å². The lowest BCUT2D eigenvalue weighted by atomic mass is 10.0. The molecule has 182 valence electrons. The summed E-state index contributed by atoms with van der Waals surface area (Å²) in [4.78, 5) is 24.1. The zero-order valence-corrected chi connectivity index (χ0v) is 21.7. The summed E-state index contributed by atoms with van der Waals surface area (Å²) in [6.07, 6.45) is -1.36. The Hall–Kier alpha value is -2.18. The third kappa shape index (κ3) is 6.08. The molecule has 8 nitrogen and oxygen atoms in total. The van der Waals surface area contributed by atoms with Crippen LogP contribution in [0.1, 0.15) is 29.3 Å². The van der Waals surface area contributed by atoms with Crippen LogP contribution in [0.2, 0.25) is 0 Å². The van der Waals surface area contributed by atoms with Gasteiger partial charge >= 0.3 is 6.18 Å². The van der Waals surface area contributed by atoms with Gasteiger partial charge in [-0.1, -0.05) is 29.8 Å². The van der Waals surface area contributed by atoms with E-state index in [-0.39, 0.29) is 24.3 Å². The van der Waals surface area contributed by atoms with Crippen LogP contribution in [0.15, 0.2) is 40.1 Å². The number of fused-ring (bicyclic) bond motifs is 1. The molecule has 2 amide bonds. The van der Waals surface area contributed by atoms with E-state index in [9.17, 15) is 22.8 Å². The van der Waals surface area contributed by atoms with Gasteiger partial charge in [-0.05, 0) is 40.6 Å². The zero-order chi connectivity index (χ0) is 24.9. The first kappa shape index (κ1) is 26.4. The van der Waals surface area contributed by atoms with Gasteiger partial charge in [-0.15, -0.1) is 0 Å². The van der Waals surface area contributed by atoms with Crippen LogP contribution >= 0.6 is 40.0 Å². The van der Waals surface area contributed by atoms with Gasteiger partial charge in [0, 0.05) is 35.8 Å². The predicted molar refractivity (Wildman–Crippen MR) is 134 cm³/mol. The first-order valence-corrected chi connectivity index (χ1v) is 14.3. The molecule has 0 bridgehead atoms. The number of nitrogens with one attached hydrogen (secondary N) is 1. The van der Waals surface area contributed by atoms with Crippen LogP contribution in [-0.4, -0.2) is 45.0 Å². The number of carbonyl (C=O) groups excluding carboxylic acids is 2. The van der Waals surface area contributed by atoms with Gasteiger partial charge in [0.15, 0.2) is 5.82 Å². The number of benzene rings is 1. The van der Waals surface area contributed by atoms with Crippen molar-refractivity contribution in [2.45, 2.75) is 32.6 Å². The highest BCUT2D eigenvalue weighted by molar-refractivity contribution is 14.2. The van der Waals surface area contributed by atoms with E-state index in [0.29, 0.717) is 48.6 Å². The van der Waals surface area contributed by atoms with Crippen molar-refractivity contribution in [2.24, 2.45) is 5.10 Å². The summed E-state index contributed by atoms with van der Waals surface area (Å²) in [7, 11) is 0. The first-order chi connectivity index (χ1) is 16.2. The Morgan fingerprint density at radius 2 is 2.12 bits per heavy atom. The maximum absolute atomic E-state index is 13.5. The second kappa shape index (κ2) is 11.5. The lowest BCUT2D eigenvalue weighted by Crippen LogP contribution is -2.32. The van der Waals surface area contributed by atoms with Gasteiger partial charge in [0.1, 0.15) is 0 Å². The van der Waals surface area contributed by atoms with Crippen molar-refractivity contribution in [1.82, 2.24) is 19.5 Å². The minimum absolute atomic E-state index is 0.0817. The third-order valence-corrected chi connectivity index (χ3v) is 7.23. The van der Waals surface area contributed by atoms with Gasteiger partial charge in [0.05, 0.1) is 30.4 Å². The molecule has 1 aliphatic heterocycles. The molecule has 3 rings (SSSR count). The lowest BCUT2D eigenvalue weighted by molar-refractivity contribution is -0.138. The van der Waals surface area contributed by atoms with Gasteiger partial charge in [0.25, 0.3) is 0 Å². The highest BCUT2D eigenvalue weighted by atomic mass is 127. The molecule has 14 heteroatoms. The molecule has 0 saturated carbocycles. The third-order valence-electron chi connectivity index (χ3n) is 5.16. The summed E-state index contributed by atoms with van der Waals surface area (Å²) in [5, 5.41) is 11.5. The maximum atomic E-state index is 13.5. The van der Waals surface area contributed by atoms with E-state index in [1.807, 2.05) is 26.9 Å². The van der Waals surface area contributed by atoms with E-state index in [0.717, 1.165) is 11.8 Å². The van der Waals surface area contributed by atoms with Gasteiger partial charge in [-0.25, -0.2) is 4.78 Å². The molecule has 1 aliphatic rings. The SMILES string of the molecule is C/C(Cl)=C(\C=N/N(C=O)PI)N1CCc2c(c(NC=O)nn2Cc2ccccc2C(F)(F)F)C1. The van der Waals surface area contributed by atoms with Crippen molar-refractivity contribution in [3.8, 4) is 0 Å². The largest absolute Gasteiger partial charge is 0.416 e. The molecule has 34 heavy (non-hydrogen) atoms. The van der Waals surface area contributed by atoms with Crippen LogP contribution in [0.3, 0.4) is 0 Å². The van der Waals surface area contributed by atoms with Crippen molar-refractivity contribution in [3.63, 3.8) is 0 Å². The van der Waals surface area contributed by atoms with Crippen LogP contribution in [0.25, 0.3) is 0 Å². The number of nitrogens with zero attached hydrogens (tertiary/aromatic N) is 5. The number of carbonyl (C=O) groups is 2. The van der Waals surface area contributed by atoms with E-state index in [1.165, 1.54) is 27.8 Å². The maximum Gasteiger partial charge on any atom is 0.416 e. The molecule has 1 N–H and O–H groups in total. The smallest absolute Gasteiger partial charge is 0.364 e. The molecule has 2 aromatic rings. The number of hydrazone groups is 1. The number of halogens is 5. The minimum Gasteiger partial charge on any atom is -0.364 e. The second-order valence-corrected chi connectivity index (χ2v) is 9.86. The van der Waals surface area contributed by atoms with Crippen molar-refractivity contribution >= 4 is 64.9 Å². The fourth-order valence-electron chi connectivity index (χ4n) is 3.67. The number of hydrogen-bond donors (Lipinski definition) is 1. The van der Waals surface area contributed by atoms with Crippen LogP contribution in [-0.2, 0) is 35.3 Å². The van der Waals surface area contributed by atoms with Gasteiger partial charge in [-0.3, -0.25) is 14.3 Å². The number of aromatic nitrogens is 2. The number of rotatable bonds is 9. The Morgan fingerprint density at radius 3 is 2.74 bits per heavy atom. The van der Waals surface area contributed by atoms with E-state index < -0.39 is 11.7 Å². The van der Waals surface area contributed by atoms with Crippen molar-refractivity contribution < 1.29 is 22.8 Å². The van der Waals surface area contributed by atoms with Gasteiger partial charge in [0.2, 0.25) is 12.8 Å². The number of anilines is 1. The monoisotopic (exact) mass is 626 g/mol. The normalized spacial score (nSPS) is 14.9. The van der Waals surface area contributed by atoms with E-state index in [1.54, 1.807) is 13.0 Å². The first-order valence-electron chi connectivity index (χ1n) is 9.89. The Labute approximate surface area is 213 Å². The van der Waals surface area contributed by atoms with Crippen molar-refractivity contribution in [1.29, 1.82) is 0 Å². The number of alkyl halides is 3. The van der Waals surface area contributed by atoms with Crippen LogP contribution in [0, 0.1) is 0 Å². The molecular weight excluding hydrogens is 607 g/mol. The van der Waals surface area contributed by atoms with Gasteiger partial charge < -0.3 is 10.2 Å². The van der Waals surface area contributed by atoms with Crippen molar-refractivity contribution in [3.05, 3.63) is 57.4 Å². The standard InChI is InChI=1S/C20H20ClF3IN6O2P/c1-13(21)18(8-27-31(12-33)34-25)29-7-6-17-15(10-29)19(26-11-32)28-30(17)9-14-4-2-3-5-16(14)20(22,23)24/h2-5,8,11-12,34H,6-7,9-10H2,1H3,(H,26,28,32)/b18-13-,27-8-. The number of hydrogen-bond acceptors (Lipinski definition) is 5. The summed E-state index contributed by atoms with van der Waals surface area (Å²) in [6, 6.07) is 5.34. The van der Waals surface area contributed by atoms with E-state index in [2.05, 4.69) is 15.5 Å². The highest BCUT2D eigenvalue weighted by Gasteiger charge is 2.34. The molecule has 1 unspecified atom stereocenters. The highest BCUT2D eigenvalue weighted by Crippen LogP contribution is 2.34. The molecule has 0 saturated heterocycles. The fraction of sp³-hybridized carbons (Fsp3) is 0.300. The minimum atomic E-state index is -4.49. The average molecular weight is 627 g/mol. The Balaban J connectivity index is 1.95. The number of allylic oxidation sites excluding steroid dienone is 2. The Morgan fingerprint density at radius 1 is 1.38 bits per heavy atom. The zero-order valence-electron chi connectivity index (χ0n) is 17.8. The molecule has 2 heterocycles. The van der Waals surface area contributed by atoms with Crippen LogP contribution in [0.5, 0.6) is 0 Å². The molecular formula is C20H20ClF3IN6O2P. The molecule has 1 aromatic carbocycles. The summed E-state index contributed by atoms with van der Waals surface area (Å²) in [6.45, 7) is 2.38. The van der Waals surface area contributed by atoms with Crippen LogP contribution in [0.4, 0.5) is 19.0 Å². The van der Waals surface area contributed by atoms with E-state index in [4.69, 9.17) is 11.6 Å². The summed E-state index contributed by atoms with van der Waals surface area (Å²) in [5.41, 5.74) is 1.34. The fourth-order valence-corrected chi connectivity index (χ4v) is 4.69. The summed E-state index contributed by atoms with van der Waals surface area (Å²) in [5.74, 6) is 0.269. The molecule has 0 aliphatic carbocycles. The molecule has 0 spiro atoms. The summed E-state index contributed by atoms with van der Waals surface area (Å²) < 4.78 is 43.1. The predicted octanol–water partition coefficient (Wildman–Crippen LogP) is 4.73. The summed E-state index contributed by atoms with van der Waals surface area (Å²) >= 11 is 8.31. The molecule has 1 aromatic heterocycles. The number of amides is 2. The quantitative estimate of drug-likeness (QED) is 0.143. The lowest BCUT2D eigenvalue weighted by Gasteiger charge is -2.30. The topological polar surface area (TPSA) is 82.8 Å². The Kier molecular flexibility index (Phi) is 8.94.